The lowest BCUT2D eigenvalue weighted by molar-refractivity contribution is 0.0527. The number of aldehydes is 1. The summed E-state index contributed by atoms with van der Waals surface area (Å²) in [5.74, 6) is -0.660. The number of carbonyl (C=O) groups excluding carboxylic acids is 2. The van der Waals surface area contributed by atoms with Crippen molar-refractivity contribution in [3.63, 3.8) is 0 Å². The monoisotopic (exact) mass is 305 g/mol. The summed E-state index contributed by atoms with van der Waals surface area (Å²) < 4.78 is 12.1. The van der Waals surface area contributed by atoms with Gasteiger partial charge in [0, 0.05) is 24.7 Å². The molecule has 1 aromatic heterocycles. The number of hydrogen-bond acceptors (Lipinski definition) is 5. The van der Waals surface area contributed by atoms with Crippen molar-refractivity contribution in [1.82, 2.24) is 4.57 Å². The van der Waals surface area contributed by atoms with Gasteiger partial charge in [0.1, 0.15) is 5.75 Å². The van der Waals surface area contributed by atoms with Crippen LogP contribution in [-0.4, -0.2) is 42.3 Å². The summed E-state index contributed by atoms with van der Waals surface area (Å²) in [4.78, 5) is 23.6. The fourth-order valence-electron chi connectivity index (χ4n) is 2.62. The Morgan fingerprint density at radius 3 is 2.73 bits per heavy atom. The number of carbonyl (C=O) groups is 2. The van der Waals surface area contributed by atoms with Crippen LogP contribution in [0.2, 0.25) is 0 Å². The summed E-state index contributed by atoms with van der Waals surface area (Å²) >= 11 is 0. The highest BCUT2D eigenvalue weighted by molar-refractivity contribution is 6.12. The molecule has 0 aliphatic heterocycles. The Bertz CT molecular complexity index is 717. The predicted molar refractivity (Wildman–Crippen MR) is 81.6 cm³/mol. The van der Waals surface area contributed by atoms with E-state index in [1.165, 1.54) is 6.07 Å². The second kappa shape index (κ2) is 6.62. The summed E-state index contributed by atoms with van der Waals surface area (Å²) in [5.41, 5.74) is 1.78. The van der Waals surface area contributed by atoms with Crippen molar-refractivity contribution in [3.8, 4) is 5.75 Å². The molecular weight excluding hydrogens is 286 g/mol. The number of hydrogen-bond donors (Lipinski definition) is 1. The maximum atomic E-state index is 12.3. The van der Waals surface area contributed by atoms with Gasteiger partial charge in [0.05, 0.1) is 29.9 Å². The quantitative estimate of drug-likeness (QED) is 0.654. The smallest absolute Gasteiger partial charge is 0.340 e. The predicted octanol–water partition coefficient (Wildman–Crippen LogP) is 2.29. The number of benzene rings is 1. The molecule has 0 aliphatic rings. The van der Waals surface area contributed by atoms with Crippen LogP contribution in [-0.2, 0) is 16.0 Å². The average molecular weight is 305 g/mol. The number of fused-ring (bicyclic) bond motifs is 1. The number of phenolic OH excluding ortho intramolecular Hbond substituents is 1. The number of ether oxygens (including phenoxy) is 2. The Kier molecular flexibility index (Phi) is 4.82. The Morgan fingerprint density at radius 2 is 2.14 bits per heavy atom. The fourth-order valence-corrected chi connectivity index (χ4v) is 2.62. The molecule has 1 aromatic carbocycles. The molecule has 0 fully saturated rings. The largest absolute Gasteiger partial charge is 0.507 e. The van der Waals surface area contributed by atoms with Crippen molar-refractivity contribution in [2.45, 2.75) is 20.4 Å². The summed E-state index contributed by atoms with van der Waals surface area (Å²) in [6.07, 6.45) is 0.556. The van der Waals surface area contributed by atoms with E-state index < -0.39 is 5.97 Å². The van der Waals surface area contributed by atoms with Crippen LogP contribution in [0, 0.1) is 6.92 Å². The summed E-state index contributed by atoms with van der Waals surface area (Å²) in [6.45, 7) is 4.73. The molecule has 0 unspecified atom stereocenters. The third-order valence-electron chi connectivity index (χ3n) is 3.62. The molecule has 118 valence electrons. The molecule has 0 bridgehead atoms. The molecule has 1 heterocycles. The highest BCUT2D eigenvalue weighted by Gasteiger charge is 2.24. The van der Waals surface area contributed by atoms with E-state index in [2.05, 4.69) is 0 Å². The van der Waals surface area contributed by atoms with Crippen LogP contribution in [0.1, 0.15) is 33.3 Å². The van der Waals surface area contributed by atoms with Crippen molar-refractivity contribution in [2.24, 2.45) is 0 Å². The number of methoxy groups -OCH3 is 1. The van der Waals surface area contributed by atoms with Crippen molar-refractivity contribution in [2.75, 3.05) is 20.3 Å². The summed E-state index contributed by atoms with van der Waals surface area (Å²) in [5, 5.41) is 10.3. The van der Waals surface area contributed by atoms with Gasteiger partial charge in [-0.2, -0.15) is 0 Å². The maximum Gasteiger partial charge on any atom is 0.340 e. The first kappa shape index (κ1) is 16.0. The topological polar surface area (TPSA) is 77.8 Å². The van der Waals surface area contributed by atoms with Crippen LogP contribution in [0.3, 0.4) is 0 Å². The molecule has 6 heteroatoms. The zero-order chi connectivity index (χ0) is 16.3. The Hall–Kier alpha value is -2.34. The van der Waals surface area contributed by atoms with E-state index in [9.17, 15) is 14.7 Å². The highest BCUT2D eigenvalue weighted by Crippen LogP contribution is 2.33. The fraction of sp³-hybridized carbons (Fsp3) is 0.375. The van der Waals surface area contributed by atoms with Gasteiger partial charge in [-0.3, -0.25) is 4.79 Å². The standard InChI is InChI=1S/C16H19NO5/c1-4-22-16(20)14-10(2)17(7-8-21-3)12-5-6-13(19)11(9-18)15(12)14/h5-6,9,19H,4,7-8H2,1-3H3. The van der Waals surface area contributed by atoms with Crippen LogP contribution in [0.25, 0.3) is 10.9 Å². The molecular formula is C16H19NO5. The van der Waals surface area contributed by atoms with Crippen molar-refractivity contribution >= 4 is 23.2 Å². The van der Waals surface area contributed by atoms with Gasteiger partial charge < -0.3 is 19.1 Å². The molecule has 0 spiro atoms. The van der Waals surface area contributed by atoms with Crippen LogP contribution in [0.5, 0.6) is 5.75 Å². The lowest BCUT2D eigenvalue weighted by atomic mass is 10.0. The minimum Gasteiger partial charge on any atom is -0.507 e. The molecule has 22 heavy (non-hydrogen) atoms. The van der Waals surface area contributed by atoms with E-state index in [1.807, 2.05) is 4.57 Å². The third-order valence-corrected chi connectivity index (χ3v) is 3.62. The van der Waals surface area contributed by atoms with Crippen LogP contribution in [0.15, 0.2) is 12.1 Å². The van der Waals surface area contributed by atoms with Crippen LogP contribution >= 0.6 is 0 Å². The van der Waals surface area contributed by atoms with Gasteiger partial charge in [-0.05, 0) is 26.0 Å². The molecule has 0 saturated heterocycles. The molecule has 0 radical (unpaired) electrons. The third kappa shape index (κ3) is 2.57. The molecule has 2 aromatic rings. The van der Waals surface area contributed by atoms with Gasteiger partial charge in [-0.25, -0.2) is 4.79 Å². The zero-order valence-corrected chi connectivity index (χ0v) is 12.9. The molecule has 1 N–H and O–H groups in total. The van der Waals surface area contributed by atoms with Crippen LogP contribution in [0.4, 0.5) is 0 Å². The molecule has 6 nitrogen and oxygen atoms in total. The van der Waals surface area contributed by atoms with Crippen molar-refractivity contribution in [1.29, 1.82) is 0 Å². The minimum atomic E-state index is -0.505. The van der Waals surface area contributed by atoms with Gasteiger partial charge in [-0.15, -0.1) is 0 Å². The normalized spacial score (nSPS) is 10.9. The van der Waals surface area contributed by atoms with Gasteiger partial charge in [0.25, 0.3) is 0 Å². The lowest BCUT2D eigenvalue weighted by Gasteiger charge is -2.08. The molecule has 0 aliphatic carbocycles. The van der Waals surface area contributed by atoms with E-state index in [-0.39, 0.29) is 17.9 Å². The molecule has 0 saturated carbocycles. The highest BCUT2D eigenvalue weighted by atomic mass is 16.5. The number of phenols is 1. The Labute approximate surface area is 128 Å². The molecule has 0 atom stereocenters. The van der Waals surface area contributed by atoms with Gasteiger partial charge >= 0.3 is 5.97 Å². The zero-order valence-electron chi connectivity index (χ0n) is 12.9. The minimum absolute atomic E-state index is 0.0971. The number of aromatic hydroxyl groups is 1. The Balaban J connectivity index is 2.79. The van der Waals surface area contributed by atoms with Gasteiger partial charge in [-0.1, -0.05) is 0 Å². The second-order valence-corrected chi connectivity index (χ2v) is 4.84. The Morgan fingerprint density at radius 1 is 1.41 bits per heavy atom. The lowest BCUT2D eigenvalue weighted by Crippen LogP contribution is -2.09. The number of aromatic nitrogens is 1. The van der Waals surface area contributed by atoms with E-state index >= 15 is 0 Å². The number of rotatable bonds is 6. The first-order valence-electron chi connectivity index (χ1n) is 7.02. The number of nitrogens with zero attached hydrogens (tertiary/aromatic N) is 1. The summed E-state index contributed by atoms with van der Waals surface area (Å²) in [7, 11) is 1.59. The van der Waals surface area contributed by atoms with E-state index in [0.717, 1.165) is 0 Å². The number of esters is 1. The average Bonchev–Trinajstić information content (AvgIpc) is 2.77. The van der Waals surface area contributed by atoms with E-state index in [1.54, 1.807) is 27.0 Å². The second-order valence-electron chi connectivity index (χ2n) is 4.84. The first-order chi connectivity index (χ1) is 10.6. The first-order valence-corrected chi connectivity index (χ1v) is 7.02. The molecule has 2 rings (SSSR count). The van der Waals surface area contributed by atoms with Gasteiger partial charge in [0.2, 0.25) is 0 Å². The van der Waals surface area contributed by atoms with E-state index in [4.69, 9.17) is 9.47 Å². The van der Waals surface area contributed by atoms with Crippen molar-refractivity contribution < 1.29 is 24.2 Å². The van der Waals surface area contributed by atoms with Gasteiger partial charge in [0.15, 0.2) is 6.29 Å². The van der Waals surface area contributed by atoms with Crippen molar-refractivity contribution in [3.05, 3.63) is 29.0 Å². The van der Waals surface area contributed by atoms with E-state index in [0.29, 0.717) is 41.6 Å². The maximum absolute atomic E-state index is 12.3. The summed E-state index contributed by atoms with van der Waals surface area (Å²) in [6, 6.07) is 3.13. The van der Waals surface area contributed by atoms with Crippen LogP contribution < -0.4 is 0 Å². The molecule has 0 amide bonds. The SMILES string of the molecule is CCOC(=O)c1c(C)n(CCOC)c2ccc(O)c(C=O)c12.